The summed E-state index contributed by atoms with van der Waals surface area (Å²) < 4.78 is 38.0. The van der Waals surface area contributed by atoms with Crippen LogP contribution in [0.2, 0.25) is 0 Å². The van der Waals surface area contributed by atoms with Crippen LogP contribution in [0.15, 0.2) is 16.4 Å². The van der Waals surface area contributed by atoms with Gasteiger partial charge in [-0.15, -0.1) is 5.10 Å². The molecule has 0 bridgehead atoms. The number of hydrogen-bond donors (Lipinski definition) is 0. The van der Waals surface area contributed by atoms with Crippen molar-refractivity contribution in [2.24, 2.45) is 7.05 Å². The van der Waals surface area contributed by atoms with Crippen LogP contribution in [-0.2, 0) is 31.2 Å². The Hall–Kier alpha value is -1.57. The average Bonchev–Trinajstić information content (AvgIpc) is 2.96. The molecule has 0 aliphatic carbocycles. The van der Waals surface area contributed by atoms with Gasteiger partial charge in [0.15, 0.2) is 21.3 Å². The number of fused-ring (bicyclic) bond motifs is 1. The highest BCUT2D eigenvalue weighted by Gasteiger charge is 2.60. The van der Waals surface area contributed by atoms with Gasteiger partial charge in [0.05, 0.1) is 5.75 Å². The number of tetrazole rings is 1. The van der Waals surface area contributed by atoms with Crippen LogP contribution >= 0.6 is 24.0 Å². The van der Waals surface area contributed by atoms with Gasteiger partial charge in [-0.3, -0.25) is 9.69 Å². The Bertz CT molecular complexity index is 950. The lowest BCUT2D eigenvalue weighted by Gasteiger charge is -2.49. The number of aryl methyl sites for hydroxylation is 1. The molecule has 0 aromatic carbocycles. The topological polar surface area (TPSA) is 117 Å². The zero-order chi connectivity index (χ0) is 20.9. The molecule has 28 heavy (non-hydrogen) atoms. The van der Waals surface area contributed by atoms with Crippen LogP contribution < -0.4 is 0 Å². The molecule has 1 aromatic heterocycles. The maximum absolute atomic E-state index is 12.8. The van der Waals surface area contributed by atoms with E-state index in [9.17, 15) is 13.2 Å². The molecule has 3 heterocycles. The molecule has 2 aliphatic rings. The molecule has 10 nitrogen and oxygen atoms in total. The fourth-order valence-electron chi connectivity index (χ4n) is 2.98. The van der Waals surface area contributed by atoms with Crippen molar-refractivity contribution in [2.75, 3.05) is 18.6 Å². The van der Waals surface area contributed by atoms with Gasteiger partial charge >= 0.3 is 0 Å². The summed E-state index contributed by atoms with van der Waals surface area (Å²) >= 11 is 6.70. The quantitative estimate of drug-likeness (QED) is 0.355. The molecule has 2 aliphatic heterocycles. The van der Waals surface area contributed by atoms with Gasteiger partial charge in [-0.1, -0.05) is 11.8 Å². The number of thioether (sulfide) groups is 1. The Morgan fingerprint density at radius 3 is 2.61 bits per heavy atom. The number of hydrogen-bond acceptors (Lipinski definition) is 10. The number of aromatic nitrogens is 4. The maximum atomic E-state index is 12.8. The first kappa shape index (κ1) is 21.1. The van der Waals surface area contributed by atoms with Crippen LogP contribution in [0.1, 0.15) is 20.8 Å². The van der Waals surface area contributed by atoms with E-state index in [-0.39, 0.29) is 16.6 Å². The van der Waals surface area contributed by atoms with Gasteiger partial charge in [0.25, 0.3) is 5.91 Å². The minimum Gasteiger partial charge on any atom is -0.476 e. The predicted molar refractivity (Wildman–Crippen MR) is 105 cm³/mol. The van der Waals surface area contributed by atoms with Crippen LogP contribution in [0.3, 0.4) is 0 Å². The standard InChI is InChI=1S/C15H21N5O5S3/c1-15(2,3)25-13(26)9-8(6-27-14-16-17-18-19(14)4)7-28(22,23)12-10(24-5)11(21)20(9)12/h10,12H,6-7H2,1-5H3/t10-,12?/m0/s1. The van der Waals surface area contributed by atoms with Crippen molar-refractivity contribution in [3.05, 3.63) is 11.3 Å². The molecule has 1 saturated heterocycles. The smallest absolute Gasteiger partial charge is 0.260 e. The summed E-state index contributed by atoms with van der Waals surface area (Å²) in [6.45, 7) is 5.48. The summed E-state index contributed by atoms with van der Waals surface area (Å²) in [6, 6.07) is 0. The Morgan fingerprint density at radius 2 is 2.07 bits per heavy atom. The first-order chi connectivity index (χ1) is 13.0. The number of amides is 1. The lowest BCUT2D eigenvalue weighted by Crippen LogP contribution is -2.70. The molecule has 13 heteroatoms. The summed E-state index contributed by atoms with van der Waals surface area (Å²) in [5.41, 5.74) is 0.197. The average molecular weight is 448 g/mol. The highest BCUT2D eigenvalue weighted by Crippen LogP contribution is 2.40. The van der Waals surface area contributed by atoms with E-state index >= 15 is 0 Å². The molecule has 0 saturated carbocycles. The summed E-state index contributed by atoms with van der Waals surface area (Å²) in [7, 11) is -0.647. The summed E-state index contributed by atoms with van der Waals surface area (Å²) in [5.74, 6) is -0.457. The monoisotopic (exact) mass is 447 g/mol. The van der Waals surface area contributed by atoms with Crippen molar-refractivity contribution in [1.29, 1.82) is 0 Å². The first-order valence-corrected chi connectivity index (χ1v) is 11.4. The number of thiocarbonyl (C=S) groups is 1. The number of methoxy groups -OCH3 is 1. The van der Waals surface area contributed by atoms with Crippen molar-refractivity contribution >= 4 is 44.8 Å². The molecule has 2 atom stereocenters. The van der Waals surface area contributed by atoms with Gasteiger partial charge in [0.1, 0.15) is 11.3 Å². The lowest BCUT2D eigenvalue weighted by molar-refractivity contribution is -0.158. The number of ether oxygens (including phenoxy) is 2. The van der Waals surface area contributed by atoms with Crippen molar-refractivity contribution in [1.82, 2.24) is 25.1 Å². The minimum absolute atomic E-state index is 0.0852. The van der Waals surface area contributed by atoms with Gasteiger partial charge in [-0.2, -0.15) is 0 Å². The lowest BCUT2D eigenvalue weighted by atomic mass is 10.1. The molecule has 3 rings (SSSR count). The summed E-state index contributed by atoms with van der Waals surface area (Å²) in [4.78, 5) is 13.8. The summed E-state index contributed by atoms with van der Waals surface area (Å²) in [5, 5.41) is 10.7. The second-order valence-electron chi connectivity index (χ2n) is 7.39. The Balaban J connectivity index is 2.00. The second kappa shape index (κ2) is 7.35. The third-order valence-corrected chi connectivity index (χ3v) is 7.43. The van der Waals surface area contributed by atoms with E-state index in [1.807, 2.05) is 20.8 Å². The van der Waals surface area contributed by atoms with Crippen molar-refractivity contribution in [3.63, 3.8) is 0 Å². The van der Waals surface area contributed by atoms with E-state index in [2.05, 4.69) is 15.5 Å². The predicted octanol–water partition coefficient (Wildman–Crippen LogP) is 0.311. The van der Waals surface area contributed by atoms with Crippen molar-refractivity contribution in [2.45, 2.75) is 43.0 Å². The molecule has 1 amide bonds. The van der Waals surface area contributed by atoms with Crippen molar-refractivity contribution < 1.29 is 22.7 Å². The van der Waals surface area contributed by atoms with Gasteiger partial charge in [0, 0.05) is 19.9 Å². The molecule has 0 spiro atoms. The molecule has 154 valence electrons. The van der Waals surface area contributed by atoms with Gasteiger partial charge < -0.3 is 9.47 Å². The fraction of sp³-hybridized carbons (Fsp3) is 0.667. The van der Waals surface area contributed by atoms with Crippen LogP contribution in [0, 0.1) is 0 Å². The maximum Gasteiger partial charge on any atom is 0.260 e. The van der Waals surface area contributed by atoms with Crippen LogP contribution in [-0.4, -0.2) is 80.2 Å². The molecule has 1 unspecified atom stereocenters. The van der Waals surface area contributed by atoms with E-state index in [1.54, 1.807) is 7.05 Å². The molecule has 1 fully saturated rings. The molecular weight excluding hydrogens is 426 g/mol. The molecule has 0 radical (unpaired) electrons. The van der Waals surface area contributed by atoms with E-state index < -0.39 is 32.8 Å². The van der Waals surface area contributed by atoms with Crippen molar-refractivity contribution in [3.8, 4) is 0 Å². The van der Waals surface area contributed by atoms with Gasteiger partial charge in [-0.05, 0) is 49.0 Å². The normalized spacial score (nSPS) is 24.0. The number of nitrogens with zero attached hydrogens (tertiary/aromatic N) is 5. The highest BCUT2D eigenvalue weighted by molar-refractivity contribution is 7.99. The Kier molecular flexibility index (Phi) is 5.55. The van der Waals surface area contributed by atoms with Gasteiger partial charge in [-0.25, -0.2) is 13.1 Å². The zero-order valence-corrected chi connectivity index (χ0v) is 18.5. The Labute approximate surface area is 172 Å². The van der Waals surface area contributed by atoms with Crippen LogP contribution in [0.4, 0.5) is 0 Å². The zero-order valence-electron chi connectivity index (χ0n) is 16.1. The molecular formula is C15H21N5O5S3. The molecule has 0 N–H and O–H groups in total. The second-order valence-corrected chi connectivity index (χ2v) is 10.8. The number of rotatable bonds is 5. The van der Waals surface area contributed by atoms with E-state index in [0.29, 0.717) is 16.4 Å². The SMILES string of the molecule is CO[C@H]1C(=O)N2C(C(=S)OC(C)(C)C)=C(CSc3nnnn3C)CS(=O)(=O)C12. The number of carbonyl (C=O) groups excluding carboxylic acids is 1. The van der Waals surface area contributed by atoms with E-state index in [1.165, 1.54) is 28.5 Å². The number of β-lactam (4-membered cyclic amide) rings is 1. The van der Waals surface area contributed by atoms with Crippen LogP contribution in [0.5, 0.6) is 0 Å². The van der Waals surface area contributed by atoms with Crippen LogP contribution in [0.25, 0.3) is 0 Å². The molecule has 1 aromatic rings. The van der Waals surface area contributed by atoms with Gasteiger partial charge in [0.2, 0.25) is 10.2 Å². The highest BCUT2D eigenvalue weighted by atomic mass is 32.2. The minimum atomic E-state index is -3.64. The number of carbonyl (C=O) groups is 1. The Morgan fingerprint density at radius 1 is 1.39 bits per heavy atom. The fourth-order valence-corrected chi connectivity index (χ4v) is 6.49. The largest absolute Gasteiger partial charge is 0.476 e. The number of sulfone groups is 1. The third kappa shape index (κ3) is 3.80. The van der Waals surface area contributed by atoms with E-state index in [4.69, 9.17) is 21.7 Å². The summed E-state index contributed by atoms with van der Waals surface area (Å²) in [6.07, 6.45) is -1.03. The first-order valence-electron chi connectivity index (χ1n) is 8.34. The van der Waals surface area contributed by atoms with E-state index in [0.717, 1.165) is 0 Å². The third-order valence-electron chi connectivity index (χ3n) is 4.12.